The molecule has 2 heterocycles. The van der Waals surface area contributed by atoms with Gasteiger partial charge in [0.15, 0.2) is 4.34 Å². The summed E-state index contributed by atoms with van der Waals surface area (Å²) in [6, 6.07) is 33.3. The quantitative estimate of drug-likeness (QED) is 0.202. The Kier molecular flexibility index (Phi) is 4.80. The van der Waals surface area contributed by atoms with Crippen molar-refractivity contribution in [2.75, 3.05) is 4.08 Å². The van der Waals surface area contributed by atoms with Crippen molar-refractivity contribution in [3.05, 3.63) is 103 Å². The van der Waals surface area contributed by atoms with E-state index < -0.39 is 7.52 Å². The van der Waals surface area contributed by atoms with Gasteiger partial charge in [-0.15, -0.1) is 11.3 Å². The second-order valence-electron chi connectivity index (χ2n) is 7.27. The molecule has 32 heavy (non-hydrogen) atoms. The summed E-state index contributed by atoms with van der Waals surface area (Å²) in [5.74, 6) is 0.625. The predicted molar refractivity (Wildman–Crippen MR) is 134 cm³/mol. The zero-order chi connectivity index (χ0) is 21.5. The summed E-state index contributed by atoms with van der Waals surface area (Å²) in [6.07, 6.45) is 0. The number of thiazole rings is 1. The Balaban J connectivity index is 1.53. The van der Waals surface area contributed by atoms with Crippen molar-refractivity contribution in [3.8, 4) is 16.9 Å². The third kappa shape index (κ3) is 3.23. The number of aromatic nitrogens is 1. The molecule has 0 bridgehead atoms. The first-order valence-electron chi connectivity index (χ1n) is 10.1. The monoisotopic (exact) mass is 472 g/mol. The van der Waals surface area contributed by atoms with Crippen molar-refractivity contribution < 1.29 is 9.09 Å². The van der Waals surface area contributed by atoms with Gasteiger partial charge in [0.1, 0.15) is 5.75 Å². The molecule has 0 amide bonds. The zero-order valence-electron chi connectivity index (χ0n) is 16.8. The Morgan fingerprint density at radius 1 is 0.781 bits per heavy atom. The van der Waals surface area contributed by atoms with Crippen LogP contribution in [-0.4, -0.2) is 4.98 Å². The van der Waals surface area contributed by atoms with Crippen molar-refractivity contribution >= 4 is 52.0 Å². The average molecular weight is 473 g/mol. The molecular formula is C25H17N2O2PS2. The van der Waals surface area contributed by atoms with Crippen LogP contribution in [0, 0.1) is 0 Å². The number of anilines is 1. The van der Waals surface area contributed by atoms with Gasteiger partial charge in [0.2, 0.25) is 0 Å². The molecule has 0 saturated carbocycles. The van der Waals surface area contributed by atoms with E-state index >= 15 is 0 Å². The van der Waals surface area contributed by atoms with Crippen LogP contribution >= 0.6 is 30.8 Å². The molecule has 0 fully saturated rings. The Morgan fingerprint density at radius 3 is 2.31 bits per heavy atom. The van der Waals surface area contributed by atoms with E-state index in [9.17, 15) is 4.57 Å². The van der Waals surface area contributed by atoms with Crippen molar-refractivity contribution in [2.24, 2.45) is 0 Å². The molecule has 4 aromatic carbocycles. The van der Waals surface area contributed by atoms with Crippen LogP contribution in [0.1, 0.15) is 0 Å². The zero-order valence-corrected chi connectivity index (χ0v) is 19.3. The minimum Gasteiger partial charge on any atom is -0.425 e. The number of benzene rings is 4. The van der Waals surface area contributed by atoms with E-state index in [1.165, 1.54) is 11.9 Å². The number of nitrogens with zero attached hydrogens (tertiary/aromatic N) is 2. The van der Waals surface area contributed by atoms with Crippen LogP contribution in [0.4, 0.5) is 5.69 Å². The van der Waals surface area contributed by atoms with Crippen molar-refractivity contribution in [1.29, 1.82) is 0 Å². The molecule has 0 radical (unpaired) electrons. The molecule has 6 rings (SSSR count). The fourth-order valence-corrected chi connectivity index (χ4v) is 8.86. The first-order chi connectivity index (χ1) is 15.7. The predicted octanol–water partition coefficient (Wildman–Crippen LogP) is 7.39. The molecule has 1 atom stereocenters. The standard InChI is InChI=1S/C25H17N2O2PS2/c28-30(23-16-8-5-13-20(23)19-12-4-7-15-22(19)29-30)27(18-10-2-1-3-11-18)32-25-26-21-14-6-9-17-24(21)31-25/h1-17H. The van der Waals surface area contributed by atoms with Crippen LogP contribution in [0.3, 0.4) is 0 Å². The largest absolute Gasteiger partial charge is 0.425 e. The molecule has 0 aliphatic carbocycles. The summed E-state index contributed by atoms with van der Waals surface area (Å²) in [6.45, 7) is 0. The van der Waals surface area contributed by atoms with Crippen LogP contribution in [0.25, 0.3) is 21.3 Å². The Hall–Kier alpha value is -3.05. The molecule has 0 saturated heterocycles. The summed E-state index contributed by atoms with van der Waals surface area (Å²) in [4.78, 5) is 4.77. The van der Waals surface area contributed by atoms with E-state index in [-0.39, 0.29) is 0 Å². The molecule has 1 aliphatic heterocycles. The first-order valence-corrected chi connectivity index (χ1v) is 13.3. The number of hydrogen-bond donors (Lipinski definition) is 0. The number of fused-ring (bicyclic) bond motifs is 4. The fourth-order valence-electron chi connectivity index (χ4n) is 3.81. The lowest BCUT2D eigenvalue weighted by molar-refractivity contribution is 0.493. The summed E-state index contributed by atoms with van der Waals surface area (Å²) >= 11 is 2.95. The Bertz CT molecular complexity index is 1450. The highest BCUT2D eigenvalue weighted by atomic mass is 32.2. The van der Waals surface area contributed by atoms with Crippen molar-refractivity contribution in [1.82, 2.24) is 4.98 Å². The lowest BCUT2D eigenvalue weighted by atomic mass is 10.0. The van der Waals surface area contributed by atoms with Gasteiger partial charge < -0.3 is 4.52 Å². The smallest absolute Gasteiger partial charge is 0.385 e. The van der Waals surface area contributed by atoms with Crippen LogP contribution in [0.2, 0.25) is 0 Å². The van der Waals surface area contributed by atoms with Crippen molar-refractivity contribution in [2.45, 2.75) is 4.34 Å². The van der Waals surface area contributed by atoms with E-state index in [2.05, 4.69) is 6.07 Å². The van der Waals surface area contributed by atoms with Gasteiger partial charge in [-0.05, 0) is 36.4 Å². The topological polar surface area (TPSA) is 42.4 Å². The molecule has 4 nitrogen and oxygen atoms in total. The van der Waals surface area contributed by atoms with E-state index in [1.54, 1.807) is 15.4 Å². The minimum absolute atomic E-state index is 0.625. The molecule has 7 heteroatoms. The maximum Gasteiger partial charge on any atom is 0.385 e. The van der Waals surface area contributed by atoms with Gasteiger partial charge in [0, 0.05) is 23.1 Å². The number of hydrogen-bond acceptors (Lipinski definition) is 5. The SMILES string of the molecule is O=P1(N(Sc2nc3ccccc3s2)c2ccccc2)Oc2ccccc2-c2ccccc21. The molecule has 1 unspecified atom stereocenters. The second kappa shape index (κ2) is 7.82. The minimum atomic E-state index is -3.51. The van der Waals surface area contributed by atoms with E-state index in [0.29, 0.717) is 11.1 Å². The van der Waals surface area contributed by atoms with Gasteiger partial charge in [0.25, 0.3) is 0 Å². The molecule has 156 valence electrons. The molecule has 0 N–H and O–H groups in total. The highest BCUT2D eigenvalue weighted by molar-refractivity contribution is 8.09. The van der Waals surface area contributed by atoms with Crippen LogP contribution < -0.4 is 13.9 Å². The van der Waals surface area contributed by atoms with Crippen LogP contribution in [0.5, 0.6) is 5.75 Å². The second-order valence-corrected chi connectivity index (χ2v) is 11.9. The maximum absolute atomic E-state index is 14.8. The third-order valence-electron chi connectivity index (χ3n) is 5.26. The number of rotatable bonds is 4. The molecular weight excluding hydrogens is 455 g/mol. The molecule has 0 spiro atoms. The van der Waals surface area contributed by atoms with E-state index in [1.807, 2.05) is 97.1 Å². The van der Waals surface area contributed by atoms with Gasteiger partial charge in [0.05, 0.1) is 21.2 Å². The number of para-hydroxylation sites is 3. The summed E-state index contributed by atoms with van der Waals surface area (Å²) in [5.41, 5.74) is 3.62. The third-order valence-corrected chi connectivity index (χ3v) is 10.2. The van der Waals surface area contributed by atoms with Crippen LogP contribution in [0.15, 0.2) is 107 Å². The Labute approximate surface area is 194 Å². The normalized spacial score (nSPS) is 16.8. The lowest BCUT2D eigenvalue weighted by Crippen LogP contribution is -2.27. The summed E-state index contributed by atoms with van der Waals surface area (Å²) < 4.78 is 24.9. The molecule has 1 aromatic heterocycles. The fraction of sp³-hybridized carbons (Fsp3) is 0. The van der Waals surface area contributed by atoms with Crippen LogP contribution in [-0.2, 0) is 4.57 Å². The highest BCUT2D eigenvalue weighted by Gasteiger charge is 2.43. The van der Waals surface area contributed by atoms with Gasteiger partial charge in [-0.25, -0.2) is 13.6 Å². The Morgan fingerprint density at radius 2 is 1.47 bits per heavy atom. The van der Waals surface area contributed by atoms with E-state index in [0.717, 1.165) is 31.4 Å². The van der Waals surface area contributed by atoms with Crippen molar-refractivity contribution in [3.63, 3.8) is 0 Å². The first kappa shape index (κ1) is 19.6. The maximum atomic E-state index is 14.8. The lowest BCUT2D eigenvalue weighted by Gasteiger charge is -2.35. The van der Waals surface area contributed by atoms with Gasteiger partial charge in [-0.2, -0.15) is 0 Å². The molecule has 5 aromatic rings. The summed E-state index contributed by atoms with van der Waals surface area (Å²) in [7, 11) is -3.51. The highest BCUT2D eigenvalue weighted by Crippen LogP contribution is 2.61. The summed E-state index contributed by atoms with van der Waals surface area (Å²) in [5, 5.41) is 0.691. The average Bonchev–Trinajstić information content (AvgIpc) is 3.26. The van der Waals surface area contributed by atoms with Gasteiger partial charge in [-0.1, -0.05) is 66.7 Å². The van der Waals surface area contributed by atoms with Gasteiger partial charge >= 0.3 is 7.52 Å². The van der Waals surface area contributed by atoms with E-state index in [4.69, 9.17) is 9.51 Å². The molecule has 1 aliphatic rings. The van der Waals surface area contributed by atoms with Gasteiger partial charge in [-0.3, -0.25) is 0 Å².